The molecule has 1 aliphatic rings. The minimum absolute atomic E-state index is 0.286. The first-order valence-electron chi connectivity index (χ1n) is 6.47. The van der Waals surface area contributed by atoms with E-state index >= 15 is 0 Å². The number of benzene rings is 1. The third-order valence-electron chi connectivity index (χ3n) is 3.52. The van der Waals surface area contributed by atoms with Gasteiger partial charge in [-0.15, -0.1) is 0 Å². The summed E-state index contributed by atoms with van der Waals surface area (Å²) in [6, 6.07) is 4.62. The van der Waals surface area contributed by atoms with Crippen molar-refractivity contribution in [3.63, 3.8) is 0 Å². The van der Waals surface area contributed by atoms with Crippen molar-refractivity contribution in [3.05, 3.63) is 33.3 Å². The average Bonchev–Trinajstić information content (AvgIpc) is 2.37. The summed E-state index contributed by atoms with van der Waals surface area (Å²) in [6.07, 6.45) is 3.14. The first kappa shape index (κ1) is 15.3. The van der Waals surface area contributed by atoms with Gasteiger partial charge < -0.3 is 10.4 Å². The van der Waals surface area contributed by atoms with Crippen molar-refractivity contribution < 1.29 is 14.7 Å². The van der Waals surface area contributed by atoms with Gasteiger partial charge in [-0.3, -0.25) is 9.59 Å². The summed E-state index contributed by atoms with van der Waals surface area (Å²) in [4.78, 5) is 23.4. The van der Waals surface area contributed by atoms with Crippen LogP contribution in [0.4, 0.5) is 0 Å². The molecule has 2 atom stereocenters. The predicted octanol–water partition coefficient (Wildman–Crippen LogP) is 3.48. The largest absolute Gasteiger partial charge is 0.481 e. The first-order valence-corrected chi connectivity index (χ1v) is 7.64. The third kappa shape index (κ3) is 3.73. The highest BCUT2D eigenvalue weighted by molar-refractivity contribution is 9.10. The molecule has 1 amide bonds. The number of rotatable bonds is 3. The van der Waals surface area contributed by atoms with Crippen LogP contribution in [0.5, 0.6) is 0 Å². The Morgan fingerprint density at radius 2 is 1.95 bits per heavy atom. The monoisotopic (exact) mass is 359 g/mol. The van der Waals surface area contributed by atoms with Gasteiger partial charge in [0.1, 0.15) is 0 Å². The van der Waals surface area contributed by atoms with Crippen LogP contribution in [0.2, 0.25) is 5.02 Å². The van der Waals surface area contributed by atoms with Crippen LogP contribution >= 0.6 is 27.5 Å². The van der Waals surface area contributed by atoms with Crippen molar-refractivity contribution >= 4 is 39.4 Å². The van der Waals surface area contributed by atoms with Gasteiger partial charge in [0.15, 0.2) is 0 Å². The molecule has 1 fully saturated rings. The standard InChI is InChI=1S/C14H15BrClNO3/c15-9-5-8(6-10(16)7-9)13(18)17-12-4-2-1-3-11(12)14(19)20/h5-7,11-12H,1-4H2,(H,17,18)(H,19,20). The van der Waals surface area contributed by atoms with Crippen LogP contribution in [0.1, 0.15) is 36.0 Å². The normalized spacial score (nSPS) is 22.3. The molecule has 0 bridgehead atoms. The minimum atomic E-state index is -0.845. The number of carboxylic acid groups (broad SMARTS) is 1. The molecule has 1 aliphatic carbocycles. The summed E-state index contributed by atoms with van der Waals surface area (Å²) in [5.41, 5.74) is 0.430. The zero-order chi connectivity index (χ0) is 14.7. The van der Waals surface area contributed by atoms with E-state index in [1.807, 2.05) is 0 Å². The van der Waals surface area contributed by atoms with E-state index in [4.69, 9.17) is 11.6 Å². The second-order valence-electron chi connectivity index (χ2n) is 4.97. The number of amides is 1. The van der Waals surface area contributed by atoms with Gasteiger partial charge in [0, 0.05) is 21.1 Å². The summed E-state index contributed by atoms with van der Waals surface area (Å²) in [6.45, 7) is 0. The van der Waals surface area contributed by atoms with Gasteiger partial charge in [-0.05, 0) is 31.0 Å². The maximum Gasteiger partial charge on any atom is 0.308 e. The molecule has 20 heavy (non-hydrogen) atoms. The fraction of sp³-hybridized carbons (Fsp3) is 0.429. The van der Waals surface area contributed by atoms with Crippen LogP contribution in [0.25, 0.3) is 0 Å². The Kier molecular flexibility index (Phi) is 5.05. The number of aliphatic carboxylic acids is 1. The quantitative estimate of drug-likeness (QED) is 0.867. The molecule has 0 saturated heterocycles. The lowest BCUT2D eigenvalue weighted by molar-refractivity contribution is -0.143. The molecule has 4 nitrogen and oxygen atoms in total. The highest BCUT2D eigenvalue weighted by atomic mass is 79.9. The smallest absolute Gasteiger partial charge is 0.308 e. The van der Waals surface area contributed by atoms with Crippen molar-refractivity contribution in [2.75, 3.05) is 0 Å². The molecule has 0 spiro atoms. The molecular weight excluding hydrogens is 346 g/mol. The molecule has 1 aromatic rings. The number of carbonyl (C=O) groups is 2. The lowest BCUT2D eigenvalue weighted by Crippen LogP contribution is -2.45. The topological polar surface area (TPSA) is 66.4 Å². The molecule has 0 heterocycles. The average molecular weight is 361 g/mol. The van der Waals surface area contributed by atoms with Crippen molar-refractivity contribution in [2.45, 2.75) is 31.7 Å². The molecule has 2 unspecified atom stereocenters. The molecule has 0 radical (unpaired) electrons. The maximum atomic E-state index is 12.2. The Hall–Kier alpha value is -1.07. The Labute approximate surface area is 130 Å². The van der Waals surface area contributed by atoms with Crippen LogP contribution in [-0.4, -0.2) is 23.0 Å². The summed E-state index contributed by atoms with van der Waals surface area (Å²) >= 11 is 9.19. The maximum absolute atomic E-state index is 12.2. The molecule has 2 rings (SSSR count). The Balaban J connectivity index is 2.11. The summed E-state index contributed by atoms with van der Waals surface area (Å²) in [7, 11) is 0. The van der Waals surface area contributed by atoms with E-state index in [1.165, 1.54) is 0 Å². The highest BCUT2D eigenvalue weighted by Crippen LogP contribution is 2.25. The van der Waals surface area contributed by atoms with Gasteiger partial charge in [-0.1, -0.05) is 40.4 Å². The SMILES string of the molecule is O=C(NC1CCCCC1C(=O)O)c1cc(Cl)cc(Br)c1. The van der Waals surface area contributed by atoms with Crippen LogP contribution in [0.15, 0.2) is 22.7 Å². The molecule has 1 aromatic carbocycles. The fourth-order valence-electron chi connectivity index (χ4n) is 2.54. The number of carbonyl (C=O) groups excluding carboxylic acids is 1. The number of nitrogens with one attached hydrogen (secondary N) is 1. The lowest BCUT2D eigenvalue weighted by Gasteiger charge is -2.29. The van der Waals surface area contributed by atoms with Gasteiger partial charge >= 0.3 is 5.97 Å². The molecule has 0 aromatic heterocycles. The lowest BCUT2D eigenvalue weighted by atomic mass is 9.84. The molecule has 2 N–H and O–H groups in total. The van der Waals surface area contributed by atoms with Crippen molar-refractivity contribution in [2.24, 2.45) is 5.92 Å². The predicted molar refractivity (Wildman–Crippen MR) is 80.0 cm³/mol. The Morgan fingerprint density at radius 3 is 2.60 bits per heavy atom. The van der Waals surface area contributed by atoms with E-state index in [-0.39, 0.29) is 11.9 Å². The summed E-state index contributed by atoms with van der Waals surface area (Å²) < 4.78 is 0.716. The molecular formula is C14H15BrClNO3. The van der Waals surface area contributed by atoms with E-state index in [0.29, 0.717) is 27.9 Å². The number of hydrogen-bond acceptors (Lipinski definition) is 2. The highest BCUT2D eigenvalue weighted by Gasteiger charge is 2.32. The minimum Gasteiger partial charge on any atom is -0.481 e. The van der Waals surface area contributed by atoms with Crippen LogP contribution in [0.3, 0.4) is 0 Å². The second kappa shape index (κ2) is 6.59. The van der Waals surface area contributed by atoms with Gasteiger partial charge in [0.25, 0.3) is 5.91 Å². The third-order valence-corrected chi connectivity index (χ3v) is 4.20. The molecule has 108 valence electrons. The number of carboxylic acids is 1. The van der Waals surface area contributed by atoms with Crippen molar-refractivity contribution in [3.8, 4) is 0 Å². The number of halogens is 2. The van der Waals surface area contributed by atoms with Crippen molar-refractivity contribution in [1.82, 2.24) is 5.32 Å². The zero-order valence-corrected chi connectivity index (χ0v) is 13.1. The second-order valence-corrected chi connectivity index (χ2v) is 6.32. The van der Waals surface area contributed by atoms with Crippen molar-refractivity contribution in [1.29, 1.82) is 0 Å². The van der Waals surface area contributed by atoms with E-state index in [2.05, 4.69) is 21.2 Å². The fourth-order valence-corrected chi connectivity index (χ4v) is 3.40. The van der Waals surface area contributed by atoms with Crippen LogP contribution in [0, 0.1) is 5.92 Å². The van der Waals surface area contributed by atoms with E-state index < -0.39 is 11.9 Å². The van der Waals surface area contributed by atoms with Gasteiger partial charge in [-0.25, -0.2) is 0 Å². The van der Waals surface area contributed by atoms with Gasteiger partial charge in [-0.2, -0.15) is 0 Å². The van der Waals surface area contributed by atoms with E-state index in [1.54, 1.807) is 18.2 Å². The zero-order valence-electron chi connectivity index (χ0n) is 10.7. The van der Waals surface area contributed by atoms with Crippen LogP contribution < -0.4 is 5.32 Å². The molecule has 0 aliphatic heterocycles. The first-order chi connectivity index (χ1) is 9.47. The van der Waals surface area contributed by atoms with Crippen LogP contribution in [-0.2, 0) is 4.79 Å². The van der Waals surface area contributed by atoms with Gasteiger partial charge in [0.2, 0.25) is 0 Å². The summed E-state index contributed by atoms with van der Waals surface area (Å²) in [5, 5.41) is 12.5. The molecule has 6 heteroatoms. The molecule has 1 saturated carbocycles. The number of hydrogen-bond donors (Lipinski definition) is 2. The van der Waals surface area contributed by atoms with Gasteiger partial charge in [0.05, 0.1) is 5.92 Å². The van der Waals surface area contributed by atoms with E-state index in [0.717, 1.165) is 12.8 Å². The summed E-state index contributed by atoms with van der Waals surface area (Å²) in [5.74, 6) is -1.64. The Morgan fingerprint density at radius 1 is 1.25 bits per heavy atom. The van der Waals surface area contributed by atoms with E-state index in [9.17, 15) is 14.7 Å². The Bertz CT molecular complexity index is 515.